The normalized spacial score (nSPS) is 15.7. The minimum absolute atomic E-state index is 0.0468. The number of nitrogens with one attached hydrogen (secondary N) is 1. The molecule has 26 heavy (non-hydrogen) atoms. The van der Waals surface area contributed by atoms with E-state index in [1.807, 2.05) is 0 Å². The van der Waals surface area contributed by atoms with Crippen LogP contribution in [0.15, 0.2) is 28.6 Å². The molecule has 2 heterocycles. The lowest BCUT2D eigenvalue weighted by molar-refractivity contribution is -0.143. The van der Waals surface area contributed by atoms with Crippen LogP contribution < -0.4 is 5.32 Å². The van der Waals surface area contributed by atoms with Crippen molar-refractivity contribution in [1.29, 1.82) is 0 Å². The quantitative estimate of drug-likeness (QED) is 0.651. The fourth-order valence-corrected chi connectivity index (χ4v) is 3.23. The van der Waals surface area contributed by atoms with Crippen LogP contribution in [0.3, 0.4) is 0 Å². The summed E-state index contributed by atoms with van der Waals surface area (Å²) < 4.78 is 77.7. The van der Waals surface area contributed by atoms with Crippen LogP contribution in [-0.4, -0.2) is 17.4 Å². The van der Waals surface area contributed by atoms with E-state index in [9.17, 15) is 26.3 Å². The summed E-state index contributed by atoms with van der Waals surface area (Å²) in [6.07, 6.45) is -7.09. The highest BCUT2D eigenvalue weighted by molar-refractivity contribution is 7.14. The summed E-state index contributed by atoms with van der Waals surface area (Å²) in [6.45, 7) is 0.684. The second-order valence-corrected chi connectivity index (χ2v) is 6.60. The first-order chi connectivity index (χ1) is 12.1. The molecule has 0 unspecified atom stereocenters. The van der Waals surface area contributed by atoms with Crippen LogP contribution >= 0.6 is 11.3 Å². The molecule has 0 saturated carbocycles. The van der Waals surface area contributed by atoms with Crippen molar-refractivity contribution in [1.82, 2.24) is 4.98 Å². The van der Waals surface area contributed by atoms with Gasteiger partial charge in [-0.3, -0.25) is 4.99 Å². The molecule has 0 spiro atoms. The Labute approximate surface area is 148 Å². The van der Waals surface area contributed by atoms with Crippen molar-refractivity contribution in [3.05, 3.63) is 34.7 Å². The van der Waals surface area contributed by atoms with E-state index in [0.717, 1.165) is 36.4 Å². The third-order valence-electron chi connectivity index (χ3n) is 3.76. The van der Waals surface area contributed by atoms with E-state index in [0.29, 0.717) is 23.8 Å². The first-order valence-electron chi connectivity index (χ1n) is 7.69. The van der Waals surface area contributed by atoms with E-state index in [1.165, 1.54) is 5.38 Å². The molecule has 10 heteroatoms. The highest BCUT2D eigenvalue weighted by atomic mass is 32.1. The predicted molar refractivity (Wildman–Crippen MR) is 87.3 cm³/mol. The van der Waals surface area contributed by atoms with Crippen LogP contribution in [0, 0.1) is 0 Å². The Morgan fingerprint density at radius 2 is 1.58 bits per heavy atom. The molecule has 0 atom stereocenters. The van der Waals surface area contributed by atoms with E-state index >= 15 is 0 Å². The number of nitrogens with zero attached hydrogens (tertiary/aromatic N) is 2. The Morgan fingerprint density at radius 1 is 0.923 bits per heavy atom. The zero-order valence-electron chi connectivity index (χ0n) is 13.2. The van der Waals surface area contributed by atoms with E-state index in [1.54, 1.807) is 0 Å². The molecule has 1 N–H and O–H groups in total. The second-order valence-electron chi connectivity index (χ2n) is 5.74. The van der Waals surface area contributed by atoms with E-state index in [-0.39, 0.29) is 17.3 Å². The highest BCUT2D eigenvalue weighted by Gasteiger charge is 2.37. The summed E-state index contributed by atoms with van der Waals surface area (Å²) in [5.74, 6) is 0.720. The number of anilines is 1. The molecule has 1 aliphatic heterocycles. The zero-order valence-corrected chi connectivity index (χ0v) is 14.0. The number of benzene rings is 1. The predicted octanol–water partition coefficient (Wildman–Crippen LogP) is 5.84. The summed E-state index contributed by atoms with van der Waals surface area (Å²) in [4.78, 5) is 8.39. The molecule has 1 aromatic heterocycles. The van der Waals surface area contributed by atoms with Crippen LogP contribution in [0.4, 0.5) is 31.5 Å². The minimum atomic E-state index is -4.88. The van der Waals surface area contributed by atoms with Gasteiger partial charge in [0.1, 0.15) is 5.84 Å². The minimum Gasteiger partial charge on any atom is -0.320 e. The lowest BCUT2D eigenvalue weighted by Crippen LogP contribution is -2.15. The Kier molecular flexibility index (Phi) is 4.96. The summed E-state index contributed by atoms with van der Waals surface area (Å²) in [6, 6.07) is 1.45. The molecule has 0 saturated heterocycles. The molecule has 2 aromatic rings. The fraction of sp³-hybridized carbons (Fsp3) is 0.375. The van der Waals surface area contributed by atoms with Crippen LogP contribution in [0.25, 0.3) is 11.3 Å². The Balaban J connectivity index is 1.94. The van der Waals surface area contributed by atoms with Crippen molar-refractivity contribution in [2.24, 2.45) is 4.99 Å². The largest absolute Gasteiger partial charge is 0.416 e. The van der Waals surface area contributed by atoms with Gasteiger partial charge in [0, 0.05) is 23.9 Å². The number of amidine groups is 1. The van der Waals surface area contributed by atoms with Gasteiger partial charge in [0.25, 0.3) is 0 Å². The van der Waals surface area contributed by atoms with Gasteiger partial charge in [-0.05, 0) is 31.0 Å². The molecule has 3 nitrogen and oxygen atoms in total. The number of hydrogen-bond acceptors (Lipinski definition) is 4. The number of thiazole rings is 1. The topological polar surface area (TPSA) is 37.3 Å². The summed E-state index contributed by atoms with van der Waals surface area (Å²) in [5, 5.41) is 4.77. The fourth-order valence-electron chi connectivity index (χ4n) is 2.49. The van der Waals surface area contributed by atoms with Crippen LogP contribution in [-0.2, 0) is 12.4 Å². The second kappa shape index (κ2) is 6.90. The molecule has 0 bridgehead atoms. The van der Waals surface area contributed by atoms with Crippen molar-refractivity contribution in [3.63, 3.8) is 0 Å². The van der Waals surface area contributed by atoms with Gasteiger partial charge in [-0.2, -0.15) is 26.3 Å². The third-order valence-corrected chi connectivity index (χ3v) is 4.52. The lowest BCUT2D eigenvalue weighted by Gasteiger charge is -2.13. The SMILES string of the molecule is FC(F)(F)c1cc(-c2csc(NC3=NCCCC3)n2)cc(C(F)(F)F)c1. The van der Waals surface area contributed by atoms with Gasteiger partial charge in [0.05, 0.1) is 16.8 Å². The molecule has 0 fully saturated rings. The van der Waals surface area contributed by atoms with Gasteiger partial charge in [-0.15, -0.1) is 11.3 Å². The van der Waals surface area contributed by atoms with E-state index in [2.05, 4.69) is 15.3 Å². The van der Waals surface area contributed by atoms with E-state index < -0.39 is 23.5 Å². The standard InChI is InChI=1S/C16H13F6N3S/c17-15(18,19)10-5-9(6-11(7-10)16(20,21)22)12-8-26-14(24-12)25-13-3-1-2-4-23-13/h5-8H,1-4H2,(H,23,24,25). The molecule has 140 valence electrons. The third kappa shape index (κ3) is 4.35. The van der Waals surface area contributed by atoms with Gasteiger partial charge in [0.15, 0.2) is 5.13 Å². The number of aliphatic imine (C=N–C) groups is 1. The molecule has 0 radical (unpaired) electrons. The average Bonchev–Trinajstić information content (AvgIpc) is 3.02. The molecular weight excluding hydrogens is 380 g/mol. The average molecular weight is 393 g/mol. The van der Waals surface area contributed by atoms with E-state index in [4.69, 9.17) is 0 Å². The number of aromatic nitrogens is 1. The van der Waals surface area contributed by atoms with Crippen LogP contribution in [0.1, 0.15) is 30.4 Å². The van der Waals surface area contributed by atoms with Crippen LogP contribution in [0.5, 0.6) is 0 Å². The van der Waals surface area contributed by atoms with Crippen molar-refractivity contribution in [2.75, 3.05) is 11.9 Å². The summed E-state index contributed by atoms with van der Waals surface area (Å²) in [5.41, 5.74) is -2.91. The van der Waals surface area contributed by atoms with Gasteiger partial charge in [0.2, 0.25) is 0 Å². The number of hydrogen-bond donors (Lipinski definition) is 1. The molecule has 0 amide bonds. The highest BCUT2D eigenvalue weighted by Crippen LogP contribution is 2.39. The van der Waals surface area contributed by atoms with Gasteiger partial charge >= 0.3 is 12.4 Å². The van der Waals surface area contributed by atoms with Crippen molar-refractivity contribution in [2.45, 2.75) is 31.6 Å². The van der Waals surface area contributed by atoms with Gasteiger partial charge < -0.3 is 5.32 Å². The van der Waals surface area contributed by atoms with Gasteiger partial charge in [-0.1, -0.05) is 0 Å². The smallest absolute Gasteiger partial charge is 0.320 e. The zero-order chi connectivity index (χ0) is 18.9. The maximum atomic E-state index is 13.0. The first-order valence-corrected chi connectivity index (χ1v) is 8.56. The molecule has 0 aliphatic carbocycles. The summed E-state index contributed by atoms with van der Waals surface area (Å²) >= 11 is 1.10. The Hall–Kier alpha value is -2.10. The maximum absolute atomic E-state index is 13.0. The molecule has 3 rings (SSSR count). The number of rotatable bonds is 2. The summed E-state index contributed by atoms with van der Waals surface area (Å²) in [7, 11) is 0. The Morgan fingerprint density at radius 3 is 2.12 bits per heavy atom. The number of halogens is 6. The lowest BCUT2D eigenvalue weighted by atomic mass is 10.0. The monoisotopic (exact) mass is 393 g/mol. The van der Waals surface area contributed by atoms with Crippen molar-refractivity contribution >= 4 is 22.3 Å². The van der Waals surface area contributed by atoms with Gasteiger partial charge in [-0.25, -0.2) is 4.98 Å². The molecular formula is C16H13F6N3S. The Bertz CT molecular complexity index is 790. The number of alkyl halides is 6. The maximum Gasteiger partial charge on any atom is 0.416 e. The first kappa shape index (κ1) is 18.7. The molecule has 1 aromatic carbocycles. The van der Waals surface area contributed by atoms with Crippen LogP contribution in [0.2, 0.25) is 0 Å². The molecule has 1 aliphatic rings. The van der Waals surface area contributed by atoms with Crippen molar-refractivity contribution in [3.8, 4) is 11.3 Å². The van der Waals surface area contributed by atoms with Crippen molar-refractivity contribution < 1.29 is 26.3 Å².